The molecule has 0 fully saturated rings. The van der Waals surface area contributed by atoms with Crippen LogP contribution in [0.4, 0.5) is 5.69 Å². The number of anilines is 1. The molecule has 0 aliphatic rings. The van der Waals surface area contributed by atoms with Crippen molar-refractivity contribution in [2.75, 3.05) is 12.4 Å². The number of carbonyl (C=O) groups excluding carboxylic acids is 3. The molecule has 0 aliphatic heterocycles. The summed E-state index contributed by atoms with van der Waals surface area (Å²) in [6, 6.07) is 13.7. The second-order valence-corrected chi connectivity index (χ2v) is 7.22. The number of methoxy groups -OCH3 is 1. The number of benzene rings is 2. The Morgan fingerprint density at radius 2 is 1.76 bits per heavy atom. The topological polar surface area (TPSA) is 138 Å². The van der Waals surface area contributed by atoms with Gasteiger partial charge in [-0.05, 0) is 48.4 Å². The van der Waals surface area contributed by atoms with Gasteiger partial charge < -0.3 is 25.6 Å². The number of hydrogen-bond acceptors (Lipinski definition) is 7. The van der Waals surface area contributed by atoms with Crippen LogP contribution in [0.5, 0.6) is 11.5 Å². The van der Waals surface area contributed by atoms with Gasteiger partial charge in [-0.2, -0.15) is 0 Å². The van der Waals surface area contributed by atoms with Gasteiger partial charge in [-0.3, -0.25) is 19.4 Å². The highest BCUT2D eigenvalue weighted by Crippen LogP contribution is 2.28. The largest absolute Gasteiger partial charge is 0.504 e. The van der Waals surface area contributed by atoms with Crippen LogP contribution >= 0.6 is 0 Å². The molecule has 0 saturated carbocycles. The molecule has 9 heteroatoms. The summed E-state index contributed by atoms with van der Waals surface area (Å²) in [5.41, 5.74) is 1.60. The first-order valence-electron chi connectivity index (χ1n) is 10.1. The summed E-state index contributed by atoms with van der Waals surface area (Å²) in [6.07, 6.45) is 3.33. The quantitative estimate of drug-likeness (QED) is 0.306. The molecule has 3 rings (SSSR count). The van der Waals surface area contributed by atoms with E-state index in [0.29, 0.717) is 17.7 Å². The smallest absolute Gasteiger partial charge is 0.307 e. The lowest BCUT2D eigenvalue weighted by Crippen LogP contribution is -2.38. The Kier molecular flexibility index (Phi) is 7.59. The van der Waals surface area contributed by atoms with Crippen LogP contribution in [-0.4, -0.2) is 46.1 Å². The zero-order valence-corrected chi connectivity index (χ0v) is 17.8. The van der Waals surface area contributed by atoms with Crippen molar-refractivity contribution in [1.82, 2.24) is 10.3 Å². The van der Waals surface area contributed by atoms with Crippen molar-refractivity contribution in [2.45, 2.75) is 18.9 Å². The molecule has 1 heterocycles. The van der Waals surface area contributed by atoms with Gasteiger partial charge in [0.25, 0.3) is 11.8 Å². The van der Waals surface area contributed by atoms with Crippen LogP contribution in [0.3, 0.4) is 0 Å². The van der Waals surface area contributed by atoms with Gasteiger partial charge in [0.2, 0.25) is 0 Å². The summed E-state index contributed by atoms with van der Waals surface area (Å²) in [5, 5.41) is 24.9. The third kappa shape index (κ3) is 6.30. The SMILES string of the molecule is COC(=O)C[C@H](Cc1ccc(NC(=O)c2cccc(O)c2O)cc1)NC(=O)c1cccnc1. The summed E-state index contributed by atoms with van der Waals surface area (Å²) in [4.78, 5) is 40.6. The number of nitrogens with zero attached hydrogens (tertiary/aromatic N) is 1. The Morgan fingerprint density at radius 1 is 1.00 bits per heavy atom. The standard InChI is InChI=1S/C24H23N3O6/c1-33-21(29)13-18(27-23(31)16-4-3-11-25-14-16)12-15-7-9-17(10-8-15)26-24(32)19-5-2-6-20(28)22(19)30/h2-11,14,18,28,30H,12-13H2,1H3,(H,26,32)(H,27,31)/t18-/m0/s1. The van der Waals surface area contributed by atoms with E-state index < -0.39 is 23.7 Å². The molecule has 1 aromatic heterocycles. The van der Waals surface area contributed by atoms with Crippen molar-refractivity contribution < 1.29 is 29.3 Å². The molecule has 1 atom stereocenters. The van der Waals surface area contributed by atoms with E-state index >= 15 is 0 Å². The summed E-state index contributed by atoms with van der Waals surface area (Å²) < 4.78 is 4.74. The maximum Gasteiger partial charge on any atom is 0.307 e. The summed E-state index contributed by atoms with van der Waals surface area (Å²) >= 11 is 0. The van der Waals surface area contributed by atoms with Gasteiger partial charge in [0.05, 0.1) is 24.7 Å². The van der Waals surface area contributed by atoms with Gasteiger partial charge in [-0.15, -0.1) is 0 Å². The van der Waals surface area contributed by atoms with Crippen molar-refractivity contribution in [3.05, 3.63) is 83.7 Å². The van der Waals surface area contributed by atoms with Gasteiger partial charge in [0, 0.05) is 24.1 Å². The van der Waals surface area contributed by atoms with Crippen molar-refractivity contribution in [1.29, 1.82) is 0 Å². The number of hydrogen-bond donors (Lipinski definition) is 4. The predicted molar refractivity (Wildman–Crippen MR) is 120 cm³/mol. The average Bonchev–Trinajstić information content (AvgIpc) is 2.82. The van der Waals surface area contributed by atoms with Gasteiger partial charge in [-0.1, -0.05) is 18.2 Å². The zero-order chi connectivity index (χ0) is 23.8. The molecule has 0 unspecified atom stereocenters. The zero-order valence-electron chi connectivity index (χ0n) is 17.8. The lowest BCUT2D eigenvalue weighted by Gasteiger charge is -2.18. The van der Waals surface area contributed by atoms with Crippen molar-refractivity contribution in [2.24, 2.45) is 0 Å². The molecule has 0 radical (unpaired) electrons. The van der Waals surface area contributed by atoms with Gasteiger partial charge in [0.15, 0.2) is 11.5 Å². The molecule has 9 nitrogen and oxygen atoms in total. The van der Waals surface area contributed by atoms with Crippen LogP contribution < -0.4 is 10.6 Å². The van der Waals surface area contributed by atoms with E-state index in [-0.39, 0.29) is 23.6 Å². The minimum absolute atomic E-state index is 0.0161. The number of nitrogens with one attached hydrogen (secondary N) is 2. The molecular weight excluding hydrogens is 426 g/mol. The van der Waals surface area contributed by atoms with E-state index in [4.69, 9.17) is 4.74 Å². The Labute approximate surface area is 190 Å². The maximum absolute atomic E-state index is 12.5. The number of para-hydroxylation sites is 1. The van der Waals surface area contributed by atoms with Gasteiger partial charge in [0.1, 0.15) is 0 Å². The van der Waals surface area contributed by atoms with Crippen LogP contribution in [0.25, 0.3) is 0 Å². The molecule has 2 amide bonds. The van der Waals surface area contributed by atoms with E-state index in [1.807, 2.05) is 0 Å². The predicted octanol–water partition coefficient (Wildman–Crippen LogP) is 2.65. The molecule has 33 heavy (non-hydrogen) atoms. The second kappa shape index (κ2) is 10.8. The van der Waals surface area contributed by atoms with Crippen molar-refractivity contribution in [3.63, 3.8) is 0 Å². The third-order valence-corrected chi connectivity index (χ3v) is 4.85. The van der Waals surface area contributed by atoms with Crippen molar-refractivity contribution in [3.8, 4) is 11.5 Å². The fourth-order valence-corrected chi connectivity index (χ4v) is 3.15. The number of aromatic nitrogens is 1. The number of carbonyl (C=O) groups is 3. The van der Waals surface area contributed by atoms with E-state index in [1.54, 1.807) is 42.6 Å². The van der Waals surface area contributed by atoms with Gasteiger partial charge in [-0.25, -0.2) is 0 Å². The molecule has 2 aromatic carbocycles. The van der Waals surface area contributed by atoms with Crippen LogP contribution in [-0.2, 0) is 16.0 Å². The minimum Gasteiger partial charge on any atom is -0.504 e. The Bertz CT molecular complexity index is 1130. The molecular formula is C24H23N3O6. The van der Waals surface area contributed by atoms with Crippen LogP contribution in [0.15, 0.2) is 67.0 Å². The average molecular weight is 449 g/mol. The molecule has 0 saturated heterocycles. The van der Waals surface area contributed by atoms with E-state index in [0.717, 1.165) is 5.56 Å². The third-order valence-electron chi connectivity index (χ3n) is 4.85. The van der Waals surface area contributed by atoms with Crippen LogP contribution in [0.1, 0.15) is 32.7 Å². The highest BCUT2D eigenvalue weighted by molar-refractivity contribution is 6.06. The number of amides is 2. The Hall–Kier alpha value is -4.40. The number of pyridine rings is 1. The van der Waals surface area contributed by atoms with E-state index in [9.17, 15) is 24.6 Å². The van der Waals surface area contributed by atoms with E-state index in [2.05, 4.69) is 15.6 Å². The molecule has 170 valence electrons. The maximum atomic E-state index is 12.5. The number of phenolic OH excluding ortho intramolecular Hbond substituents is 2. The molecule has 0 bridgehead atoms. The van der Waals surface area contributed by atoms with Crippen LogP contribution in [0.2, 0.25) is 0 Å². The summed E-state index contributed by atoms with van der Waals surface area (Å²) in [7, 11) is 1.28. The normalized spacial score (nSPS) is 11.3. The number of esters is 1. The number of ether oxygens (including phenoxy) is 1. The lowest BCUT2D eigenvalue weighted by atomic mass is 10.0. The molecule has 4 N–H and O–H groups in total. The van der Waals surface area contributed by atoms with Gasteiger partial charge >= 0.3 is 5.97 Å². The van der Waals surface area contributed by atoms with Crippen molar-refractivity contribution >= 4 is 23.5 Å². The summed E-state index contributed by atoms with van der Waals surface area (Å²) in [5.74, 6) is -2.28. The molecule has 0 spiro atoms. The highest BCUT2D eigenvalue weighted by atomic mass is 16.5. The lowest BCUT2D eigenvalue weighted by molar-refractivity contribution is -0.141. The first-order valence-corrected chi connectivity index (χ1v) is 10.1. The monoisotopic (exact) mass is 449 g/mol. The Balaban J connectivity index is 1.68. The van der Waals surface area contributed by atoms with Crippen LogP contribution in [0, 0.1) is 0 Å². The fraction of sp³-hybridized carbons (Fsp3) is 0.167. The number of aromatic hydroxyl groups is 2. The number of rotatable bonds is 8. The Morgan fingerprint density at radius 3 is 2.42 bits per heavy atom. The first kappa shape index (κ1) is 23.3. The minimum atomic E-state index is -0.580. The number of phenols is 2. The fourth-order valence-electron chi connectivity index (χ4n) is 3.15. The second-order valence-electron chi connectivity index (χ2n) is 7.22. The molecule has 3 aromatic rings. The highest BCUT2D eigenvalue weighted by Gasteiger charge is 2.19. The molecule has 0 aliphatic carbocycles. The van der Waals surface area contributed by atoms with E-state index in [1.165, 1.54) is 31.5 Å². The first-order chi connectivity index (χ1) is 15.9. The summed E-state index contributed by atoms with van der Waals surface area (Å²) in [6.45, 7) is 0.